The van der Waals surface area contributed by atoms with E-state index in [2.05, 4.69) is 10.6 Å². The number of β-amino-alcohol motifs (C(OH)–C–C–N with tert-alkyl or cyclic N) is 1. The van der Waals surface area contributed by atoms with Crippen LogP contribution in [0.5, 0.6) is 5.75 Å². The van der Waals surface area contributed by atoms with Crippen molar-refractivity contribution in [3.8, 4) is 5.75 Å². The van der Waals surface area contributed by atoms with E-state index < -0.39 is 37.2 Å². The number of nitrogens with one attached hydrogen (secondary N) is 2. The highest BCUT2D eigenvalue weighted by molar-refractivity contribution is 6.32. The quantitative estimate of drug-likeness (QED) is 0.306. The second-order valence-corrected chi connectivity index (χ2v) is 11.0. The van der Waals surface area contributed by atoms with E-state index in [4.69, 9.17) is 37.8 Å². The average Bonchev–Trinajstić information content (AvgIpc) is 3.35. The molecule has 2 heterocycles. The summed E-state index contributed by atoms with van der Waals surface area (Å²) < 4.78 is 62.3. The Labute approximate surface area is 265 Å². The standard InChI is InChI=1S/C26H30Cl2F2N4O4.C2HF3O2/c1-31-25(36)18-10-19(28)23(38-14-24(29)30)11-21(18)34-12-20(22(35)13-34)32-17-6-8-33(9-7-17)26(37)15-2-4-16(27)5-3-15;3-2(4,5)1(6)7/h2-5,10-11,17,20,22,24,32,35H,6-9,12-14H2,1H3,(H,31,36);(H,6,7)/t20?,22-;/m1./s1. The number of aliphatic hydroxyl groups is 1. The summed E-state index contributed by atoms with van der Waals surface area (Å²) in [5.74, 6) is -3.15. The second kappa shape index (κ2) is 15.7. The predicted octanol–water partition coefficient (Wildman–Crippen LogP) is 4.07. The van der Waals surface area contributed by atoms with Crippen molar-refractivity contribution in [1.29, 1.82) is 0 Å². The molecule has 0 bridgehead atoms. The van der Waals surface area contributed by atoms with Crippen molar-refractivity contribution in [1.82, 2.24) is 15.5 Å². The van der Waals surface area contributed by atoms with Gasteiger partial charge in [0.1, 0.15) is 12.4 Å². The van der Waals surface area contributed by atoms with Crippen LogP contribution >= 0.6 is 23.2 Å². The Hall–Kier alpha value is -3.40. The van der Waals surface area contributed by atoms with Crippen molar-refractivity contribution in [2.24, 2.45) is 0 Å². The molecular formula is C28H31Cl2F5N4O6. The van der Waals surface area contributed by atoms with Gasteiger partial charge in [0.2, 0.25) is 0 Å². The molecular weight excluding hydrogens is 654 g/mol. The lowest BCUT2D eigenvalue weighted by atomic mass is 10.0. The Bertz CT molecular complexity index is 1340. The lowest BCUT2D eigenvalue weighted by molar-refractivity contribution is -0.192. The topological polar surface area (TPSA) is 131 Å². The van der Waals surface area contributed by atoms with Gasteiger partial charge in [0.05, 0.1) is 28.4 Å². The van der Waals surface area contributed by atoms with Crippen molar-refractivity contribution >= 4 is 46.7 Å². The minimum Gasteiger partial charge on any atom is -0.486 e. The van der Waals surface area contributed by atoms with Gasteiger partial charge in [-0.15, -0.1) is 0 Å². The summed E-state index contributed by atoms with van der Waals surface area (Å²) >= 11 is 12.1. The number of aliphatic hydroxyl groups excluding tert-OH is 1. The number of anilines is 1. The SMILES string of the molecule is CNC(=O)c1cc(Cl)c(OCC(F)F)cc1N1CC(NC2CCN(C(=O)c3ccc(Cl)cc3)CC2)[C@H](O)C1.O=C(O)C(F)(F)F. The van der Waals surface area contributed by atoms with Crippen molar-refractivity contribution in [3.63, 3.8) is 0 Å². The second-order valence-electron chi connectivity index (χ2n) is 10.2. The average molecular weight is 685 g/mol. The molecule has 45 heavy (non-hydrogen) atoms. The van der Waals surface area contributed by atoms with Crippen LogP contribution in [0.1, 0.15) is 33.6 Å². The minimum absolute atomic E-state index is 0.0400. The molecule has 2 aliphatic rings. The van der Waals surface area contributed by atoms with Gasteiger partial charge in [-0.25, -0.2) is 13.6 Å². The minimum atomic E-state index is -5.08. The number of aliphatic carboxylic acids is 1. The van der Waals surface area contributed by atoms with Crippen molar-refractivity contribution in [2.75, 3.05) is 44.7 Å². The van der Waals surface area contributed by atoms with Crippen molar-refractivity contribution < 1.29 is 51.3 Å². The maximum atomic E-state index is 12.8. The van der Waals surface area contributed by atoms with Crippen molar-refractivity contribution in [3.05, 3.63) is 57.6 Å². The molecule has 2 aromatic rings. The zero-order valence-corrected chi connectivity index (χ0v) is 25.3. The first-order valence-corrected chi connectivity index (χ1v) is 14.4. The molecule has 2 aromatic carbocycles. The molecule has 2 saturated heterocycles. The maximum absolute atomic E-state index is 12.8. The van der Waals surface area contributed by atoms with Crippen LogP contribution in [0.25, 0.3) is 0 Å². The molecule has 10 nitrogen and oxygen atoms in total. The smallest absolute Gasteiger partial charge is 0.486 e. The van der Waals surface area contributed by atoms with E-state index in [0.29, 0.717) is 35.9 Å². The molecule has 0 aliphatic carbocycles. The lowest BCUT2D eigenvalue weighted by Crippen LogP contribution is -2.50. The van der Waals surface area contributed by atoms with Gasteiger partial charge in [-0.3, -0.25) is 9.59 Å². The number of carboxylic acids is 1. The van der Waals surface area contributed by atoms with Crippen molar-refractivity contribution in [2.45, 2.75) is 43.6 Å². The van der Waals surface area contributed by atoms with Gasteiger partial charge >= 0.3 is 12.1 Å². The third-order valence-corrected chi connectivity index (χ3v) is 7.63. The third-order valence-electron chi connectivity index (χ3n) is 7.08. The van der Waals surface area contributed by atoms with Gasteiger partial charge in [0, 0.05) is 55.9 Å². The summed E-state index contributed by atoms with van der Waals surface area (Å²) in [4.78, 5) is 37.8. The summed E-state index contributed by atoms with van der Waals surface area (Å²) in [6.07, 6.45) is -7.05. The lowest BCUT2D eigenvalue weighted by Gasteiger charge is -2.34. The molecule has 2 fully saturated rings. The van der Waals surface area contributed by atoms with Crippen LogP contribution in [0.15, 0.2) is 36.4 Å². The van der Waals surface area contributed by atoms with Crippen LogP contribution in [0.2, 0.25) is 10.0 Å². The number of amides is 2. The van der Waals surface area contributed by atoms with E-state index in [1.807, 2.05) is 9.80 Å². The molecule has 0 spiro atoms. The van der Waals surface area contributed by atoms with Crippen LogP contribution in [0.4, 0.5) is 27.6 Å². The number of carboxylic acid groups (broad SMARTS) is 1. The van der Waals surface area contributed by atoms with E-state index in [1.54, 1.807) is 24.3 Å². The van der Waals surface area contributed by atoms with Crippen LogP contribution in [0.3, 0.4) is 0 Å². The summed E-state index contributed by atoms with van der Waals surface area (Å²) in [6.45, 7) is 0.934. The van der Waals surface area contributed by atoms with E-state index >= 15 is 0 Å². The molecule has 4 rings (SSSR count). The zero-order chi connectivity index (χ0) is 33.5. The summed E-state index contributed by atoms with van der Waals surface area (Å²) in [5, 5.41) is 24.6. The number of benzene rings is 2. The number of hydrogen-bond acceptors (Lipinski definition) is 7. The molecule has 1 unspecified atom stereocenters. The number of likely N-dealkylation sites (tertiary alicyclic amines) is 1. The molecule has 2 amide bonds. The highest BCUT2D eigenvalue weighted by atomic mass is 35.5. The molecule has 0 saturated carbocycles. The predicted molar refractivity (Wildman–Crippen MR) is 156 cm³/mol. The number of piperidine rings is 1. The van der Waals surface area contributed by atoms with Crippen LogP contribution in [0, 0.1) is 0 Å². The number of hydrogen-bond donors (Lipinski definition) is 4. The highest BCUT2D eigenvalue weighted by Crippen LogP contribution is 2.35. The summed E-state index contributed by atoms with van der Waals surface area (Å²) in [5.41, 5.74) is 1.28. The Kier molecular flexibility index (Phi) is 12.6. The van der Waals surface area contributed by atoms with Gasteiger partial charge in [-0.1, -0.05) is 23.2 Å². The number of ether oxygens (including phenoxy) is 1. The first-order valence-electron chi connectivity index (χ1n) is 13.6. The zero-order valence-electron chi connectivity index (χ0n) is 23.8. The van der Waals surface area contributed by atoms with E-state index in [-0.39, 0.29) is 40.9 Å². The summed E-state index contributed by atoms with van der Waals surface area (Å²) in [6, 6.07) is 9.47. The Morgan fingerprint density at radius 2 is 1.67 bits per heavy atom. The van der Waals surface area contributed by atoms with Gasteiger partial charge in [-0.05, 0) is 43.2 Å². The first-order chi connectivity index (χ1) is 21.1. The van der Waals surface area contributed by atoms with E-state index in [9.17, 15) is 36.6 Å². The number of nitrogens with zero attached hydrogens (tertiary/aromatic N) is 2. The van der Waals surface area contributed by atoms with Gasteiger partial charge in [0.15, 0.2) is 0 Å². The van der Waals surface area contributed by atoms with E-state index in [0.717, 1.165) is 12.8 Å². The van der Waals surface area contributed by atoms with Crippen LogP contribution < -0.4 is 20.3 Å². The van der Waals surface area contributed by atoms with Gasteiger partial charge < -0.3 is 35.4 Å². The first kappa shape index (κ1) is 36.1. The molecule has 17 heteroatoms. The van der Waals surface area contributed by atoms with Crippen LogP contribution in [-0.4, -0.2) is 104 Å². The fraction of sp³-hybridized carbons (Fsp3) is 0.464. The Morgan fingerprint density at radius 3 is 2.20 bits per heavy atom. The largest absolute Gasteiger partial charge is 0.490 e. The third kappa shape index (κ3) is 10.0. The molecule has 2 aliphatic heterocycles. The van der Waals surface area contributed by atoms with Gasteiger partial charge in [-0.2, -0.15) is 13.2 Å². The van der Waals surface area contributed by atoms with E-state index in [1.165, 1.54) is 19.2 Å². The van der Waals surface area contributed by atoms with Crippen LogP contribution in [-0.2, 0) is 4.79 Å². The number of carbonyl (C=O) groups is 3. The molecule has 0 radical (unpaired) electrons. The fourth-order valence-corrected chi connectivity index (χ4v) is 5.20. The highest BCUT2D eigenvalue weighted by Gasteiger charge is 2.38. The number of rotatable bonds is 8. The Balaban J connectivity index is 0.000000707. The number of alkyl halides is 5. The molecule has 248 valence electrons. The number of carbonyl (C=O) groups excluding carboxylic acids is 2. The number of halogens is 7. The maximum Gasteiger partial charge on any atom is 0.490 e. The fourth-order valence-electron chi connectivity index (χ4n) is 4.86. The molecule has 0 aromatic heterocycles. The van der Waals surface area contributed by atoms with Gasteiger partial charge in [0.25, 0.3) is 18.2 Å². The monoisotopic (exact) mass is 684 g/mol. The molecule has 2 atom stereocenters. The Morgan fingerprint density at radius 1 is 1.07 bits per heavy atom. The normalized spacial score (nSPS) is 18.8. The summed E-state index contributed by atoms with van der Waals surface area (Å²) in [7, 11) is 1.48. The molecule has 4 N–H and O–H groups in total.